The third kappa shape index (κ3) is 4.23. The molecule has 1 aliphatic rings. The molecule has 0 bridgehead atoms. The van der Waals surface area contributed by atoms with Crippen LogP contribution in [0.4, 0.5) is 0 Å². The van der Waals surface area contributed by atoms with Crippen LogP contribution in [0.2, 0.25) is 0 Å². The lowest BCUT2D eigenvalue weighted by Gasteiger charge is -2.32. The van der Waals surface area contributed by atoms with Gasteiger partial charge in [0.2, 0.25) is 0 Å². The topological polar surface area (TPSA) is 12.5 Å². The van der Waals surface area contributed by atoms with Gasteiger partial charge < -0.3 is 9.64 Å². The fourth-order valence-electron chi connectivity index (χ4n) is 2.92. The lowest BCUT2D eigenvalue weighted by atomic mass is 10.0. The average molecular weight is 340 g/mol. The number of ether oxygens (including phenoxy) is 1. The second-order valence-corrected chi connectivity index (χ2v) is 7.02. The number of halogens is 1. The van der Waals surface area contributed by atoms with Crippen LogP contribution in [-0.4, -0.2) is 31.1 Å². The first-order valence-corrected chi connectivity index (χ1v) is 8.49. The zero-order valence-corrected chi connectivity index (χ0v) is 14.4. The van der Waals surface area contributed by atoms with Crippen LogP contribution in [0.3, 0.4) is 0 Å². The van der Waals surface area contributed by atoms with Crippen LogP contribution in [-0.2, 0) is 0 Å². The number of hydrogen-bond acceptors (Lipinski definition) is 2. The standard InChI is InChI=1S/C17H26BrNO/c1-13(2)16-12-14(18)7-8-17(16)20-11-9-15-6-4-5-10-19(15)3/h7-8,12-13,15H,4-6,9-11H2,1-3H3. The molecule has 112 valence electrons. The predicted octanol–water partition coefficient (Wildman–Crippen LogP) is 4.83. The van der Waals surface area contributed by atoms with Gasteiger partial charge >= 0.3 is 0 Å². The van der Waals surface area contributed by atoms with E-state index in [1.807, 2.05) is 0 Å². The average Bonchev–Trinajstić information content (AvgIpc) is 2.42. The van der Waals surface area contributed by atoms with Gasteiger partial charge in [0.05, 0.1) is 6.61 Å². The van der Waals surface area contributed by atoms with E-state index in [0.29, 0.717) is 12.0 Å². The molecule has 1 saturated heterocycles. The highest BCUT2D eigenvalue weighted by Gasteiger charge is 2.18. The van der Waals surface area contributed by atoms with Crippen LogP contribution >= 0.6 is 15.9 Å². The molecule has 0 saturated carbocycles. The molecule has 2 rings (SSSR count). The highest BCUT2D eigenvalue weighted by Crippen LogP contribution is 2.30. The van der Waals surface area contributed by atoms with Crippen LogP contribution in [0.25, 0.3) is 0 Å². The molecule has 3 heteroatoms. The molecule has 1 fully saturated rings. The maximum Gasteiger partial charge on any atom is 0.122 e. The van der Waals surface area contributed by atoms with Gasteiger partial charge in [-0.05, 0) is 62.5 Å². The second kappa shape index (κ2) is 7.46. The number of hydrogen-bond donors (Lipinski definition) is 0. The maximum absolute atomic E-state index is 6.06. The van der Waals surface area contributed by atoms with Crippen LogP contribution in [0.1, 0.15) is 51.0 Å². The minimum atomic E-state index is 0.486. The first kappa shape index (κ1) is 15.8. The molecule has 1 aromatic rings. The Hall–Kier alpha value is -0.540. The highest BCUT2D eigenvalue weighted by molar-refractivity contribution is 9.10. The monoisotopic (exact) mass is 339 g/mol. The molecule has 1 heterocycles. The van der Waals surface area contributed by atoms with Crippen molar-refractivity contribution < 1.29 is 4.74 Å². The number of likely N-dealkylation sites (tertiary alicyclic amines) is 1. The van der Waals surface area contributed by atoms with Gasteiger partial charge in [-0.3, -0.25) is 0 Å². The lowest BCUT2D eigenvalue weighted by Crippen LogP contribution is -2.37. The van der Waals surface area contributed by atoms with Gasteiger partial charge in [-0.15, -0.1) is 0 Å². The van der Waals surface area contributed by atoms with Crippen molar-refractivity contribution in [2.24, 2.45) is 0 Å². The maximum atomic E-state index is 6.06. The molecule has 2 nitrogen and oxygen atoms in total. The Morgan fingerprint density at radius 2 is 2.15 bits per heavy atom. The summed E-state index contributed by atoms with van der Waals surface area (Å²) in [7, 11) is 2.24. The summed E-state index contributed by atoms with van der Waals surface area (Å²) in [6.07, 6.45) is 5.16. The molecular formula is C17H26BrNO. The molecule has 1 aromatic carbocycles. The van der Waals surface area contributed by atoms with Crippen LogP contribution in [0, 0.1) is 0 Å². The van der Waals surface area contributed by atoms with Gasteiger partial charge in [0, 0.05) is 10.5 Å². The summed E-state index contributed by atoms with van der Waals surface area (Å²) in [6.45, 7) is 6.48. The molecule has 0 N–H and O–H groups in total. The van der Waals surface area contributed by atoms with Crippen molar-refractivity contribution >= 4 is 15.9 Å². The summed E-state index contributed by atoms with van der Waals surface area (Å²) in [4.78, 5) is 2.48. The van der Waals surface area contributed by atoms with Crippen LogP contribution < -0.4 is 4.74 Å². The molecule has 0 radical (unpaired) electrons. The van der Waals surface area contributed by atoms with E-state index in [2.05, 4.69) is 59.9 Å². The van der Waals surface area contributed by atoms with E-state index in [1.54, 1.807) is 0 Å². The van der Waals surface area contributed by atoms with Gasteiger partial charge in [-0.25, -0.2) is 0 Å². The van der Waals surface area contributed by atoms with Crippen molar-refractivity contribution in [3.63, 3.8) is 0 Å². The first-order valence-electron chi connectivity index (χ1n) is 7.70. The normalized spacial score (nSPS) is 20.4. The number of nitrogens with zero attached hydrogens (tertiary/aromatic N) is 1. The third-order valence-electron chi connectivity index (χ3n) is 4.22. The summed E-state index contributed by atoms with van der Waals surface area (Å²) >= 11 is 3.54. The Labute approximate surface area is 131 Å². The van der Waals surface area contributed by atoms with E-state index in [9.17, 15) is 0 Å². The Morgan fingerprint density at radius 3 is 2.85 bits per heavy atom. The first-order chi connectivity index (χ1) is 9.58. The summed E-state index contributed by atoms with van der Waals surface area (Å²) in [5.74, 6) is 1.53. The van der Waals surface area contributed by atoms with Gasteiger partial charge in [0.1, 0.15) is 5.75 Å². The summed E-state index contributed by atoms with van der Waals surface area (Å²) in [6, 6.07) is 7.02. The fourth-order valence-corrected chi connectivity index (χ4v) is 3.29. The lowest BCUT2D eigenvalue weighted by molar-refractivity contribution is 0.152. The minimum Gasteiger partial charge on any atom is -0.493 e. The summed E-state index contributed by atoms with van der Waals surface area (Å²) < 4.78 is 7.18. The predicted molar refractivity (Wildman–Crippen MR) is 88.6 cm³/mol. The minimum absolute atomic E-state index is 0.486. The van der Waals surface area contributed by atoms with Crippen molar-refractivity contribution in [3.05, 3.63) is 28.2 Å². The fraction of sp³-hybridized carbons (Fsp3) is 0.647. The molecule has 0 aliphatic carbocycles. The van der Waals surface area contributed by atoms with Gasteiger partial charge in [-0.2, -0.15) is 0 Å². The molecule has 1 aliphatic heterocycles. The summed E-state index contributed by atoms with van der Waals surface area (Å²) in [5.41, 5.74) is 1.29. The van der Waals surface area contributed by atoms with E-state index in [0.717, 1.165) is 23.2 Å². The number of piperidine rings is 1. The molecule has 1 unspecified atom stereocenters. The van der Waals surface area contributed by atoms with Crippen LogP contribution in [0.5, 0.6) is 5.75 Å². The van der Waals surface area contributed by atoms with Crippen molar-refractivity contribution in [1.82, 2.24) is 4.90 Å². The van der Waals surface area contributed by atoms with Crippen molar-refractivity contribution in [2.75, 3.05) is 20.2 Å². The molecule has 0 amide bonds. The largest absolute Gasteiger partial charge is 0.493 e. The van der Waals surface area contributed by atoms with E-state index < -0.39 is 0 Å². The molecule has 1 atom stereocenters. The van der Waals surface area contributed by atoms with Crippen LogP contribution in [0.15, 0.2) is 22.7 Å². The van der Waals surface area contributed by atoms with E-state index >= 15 is 0 Å². The second-order valence-electron chi connectivity index (χ2n) is 6.10. The van der Waals surface area contributed by atoms with E-state index in [1.165, 1.54) is 31.4 Å². The van der Waals surface area contributed by atoms with Crippen molar-refractivity contribution in [2.45, 2.75) is 51.5 Å². The zero-order valence-electron chi connectivity index (χ0n) is 12.9. The zero-order chi connectivity index (χ0) is 14.5. The Bertz CT molecular complexity index is 433. The Kier molecular flexibility index (Phi) is 5.91. The smallest absolute Gasteiger partial charge is 0.122 e. The van der Waals surface area contributed by atoms with Gasteiger partial charge in [0.25, 0.3) is 0 Å². The SMILES string of the molecule is CC(C)c1cc(Br)ccc1OCCC1CCCCN1C. The van der Waals surface area contributed by atoms with E-state index in [-0.39, 0.29) is 0 Å². The quantitative estimate of drug-likeness (QED) is 0.761. The van der Waals surface area contributed by atoms with E-state index in [4.69, 9.17) is 4.74 Å². The summed E-state index contributed by atoms with van der Waals surface area (Å²) in [5, 5.41) is 0. The van der Waals surface area contributed by atoms with Gasteiger partial charge in [-0.1, -0.05) is 36.2 Å². The molecular weight excluding hydrogens is 314 g/mol. The Balaban J connectivity index is 1.90. The number of benzene rings is 1. The Morgan fingerprint density at radius 1 is 1.35 bits per heavy atom. The highest BCUT2D eigenvalue weighted by atomic mass is 79.9. The third-order valence-corrected chi connectivity index (χ3v) is 4.72. The van der Waals surface area contributed by atoms with Crippen molar-refractivity contribution in [3.8, 4) is 5.75 Å². The van der Waals surface area contributed by atoms with Gasteiger partial charge in [0.15, 0.2) is 0 Å². The van der Waals surface area contributed by atoms with Crippen molar-refractivity contribution in [1.29, 1.82) is 0 Å². The molecule has 0 aromatic heterocycles. The number of rotatable bonds is 5. The molecule has 0 spiro atoms. The molecule has 20 heavy (non-hydrogen) atoms.